The van der Waals surface area contributed by atoms with E-state index >= 15 is 0 Å². The number of amides is 1. The van der Waals surface area contributed by atoms with Crippen molar-refractivity contribution in [2.75, 3.05) is 13.7 Å². The lowest BCUT2D eigenvalue weighted by Crippen LogP contribution is -2.40. The van der Waals surface area contributed by atoms with Crippen LogP contribution in [0, 0.1) is 11.6 Å². The molecule has 176 valence electrons. The number of benzene rings is 1. The van der Waals surface area contributed by atoms with E-state index in [0.29, 0.717) is 11.4 Å². The van der Waals surface area contributed by atoms with Crippen LogP contribution in [-0.4, -0.2) is 39.5 Å². The number of hydrogen-bond acceptors (Lipinski definition) is 6. The molecule has 0 aliphatic carbocycles. The maximum Gasteiger partial charge on any atom is 0.273 e. The first-order valence-corrected chi connectivity index (χ1v) is 10.5. The van der Waals surface area contributed by atoms with Crippen molar-refractivity contribution in [1.29, 1.82) is 0 Å². The Kier molecular flexibility index (Phi) is 6.34. The van der Waals surface area contributed by atoms with Crippen LogP contribution in [-0.2, 0) is 12.5 Å². The lowest BCUT2D eigenvalue weighted by atomic mass is 9.80. The van der Waals surface area contributed by atoms with E-state index in [1.807, 2.05) is 13.1 Å². The number of nitrogens with zero attached hydrogens (tertiary/aromatic N) is 4. The van der Waals surface area contributed by atoms with Gasteiger partial charge in [0.1, 0.15) is 11.6 Å². The number of rotatable bonds is 7. The minimum absolute atomic E-state index is 0.00118. The predicted molar refractivity (Wildman–Crippen MR) is 120 cm³/mol. The molecule has 1 amide bonds. The maximum absolute atomic E-state index is 14.1. The van der Waals surface area contributed by atoms with E-state index in [4.69, 9.17) is 20.9 Å². The van der Waals surface area contributed by atoms with Crippen molar-refractivity contribution in [3.05, 3.63) is 82.5 Å². The topological polar surface area (TPSA) is 95.1 Å². The second-order valence-electron chi connectivity index (χ2n) is 7.81. The van der Waals surface area contributed by atoms with Crippen molar-refractivity contribution in [3.8, 4) is 17.1 Å². The zero-order chi connectivity index (χ0) is 24.5. The van der Waals surface area contributed by atoms with Gasteiger partial charge in [-0.05, 0) is 31.2 Å². The van der Waals surface area contributed by atoms with Crippen LogP contribution in [0.1, 0.15) is 28.7 Å². The molecule has 0 fully saturated rings. The first-order chi connectivity index (χ1) is 16.2. The molecule has 8 nitrogen and oxygen atoms in total. The minimum Gasteiger partial charge on any atom is -0.494 e. The van der Waals surface area contributed by atoms with E-state index in [1.54, 1.807) is 30.1 Å². The van der Waals surface area contributed by atoms with Gasteiger partial charge in [0.2, 0.25) is 0 Å². The molecule has 3 heterocycles. The number of aromatic nitrogens is 4. The number of nitrogens with one attached hydrogen (secondary N) is 1. The van der Waals surface area contributed by atoms with Crippen molar-refractivity contribution in [2.45, 2.75) is 12.3 Å². The van der Waals surface area contributed by atoms with Gasteiger partial charge < -0.3 is 14.6 Å². The van der Waals surface area contributed by atoms with Crippen LogP contribution < -0.4 is 10.1 Å². The lowest BCUT2D eigenvalue weighted by Gasteiger charge is -2.28. The molecule has 11 heteroatoms. The molecule has 1 N–H and O–H groups in total. The summed E-state index contributed by atoms with van der Waals surface area (Å²) in [5.41, 5.74) is 0.493. The molecule has 0 spiro atoms. The second-order valence-corrected chi connectivity index (χ2v) is 8.17. The Morgan fingerprint density at radius 2 is 2.06 bits per heavy atom. The Bertz CT molecular complexity index is 1360. The third kappa shape index (κ3) is 4.49. The van der Waals surface area contributed by atoms with Gasteiger partial charge in [0.25, 0.3) is 5.91 Å². The number of aryl methyl sites for hydroxylation is 1. The summed E-state index contributed by atoms with van der Waals surface area (Å²) in [7, 11) is 3.27. The van der Waals surface area contributed by atoms with Crippen molar-refractivity contribution in [1.82, 2.24) is 25.2 Å². The summed E-state index contributed by atoms with van der Waals surface area (Å²) in [6.45, 7) is 2.00. The van der Waals surface area contributed by atoms with E-state index in [0.717, 1.165) is 17.7 Å². The summed E-state index contributed by atoms with van der Waals surface area (Å²) in [6, 6.07) is 7.77. The predicted octanol–water partition coefficient (Wildman–Crippen LogP) is 4.15. The fourth-order valence-corrected chi connectivity index (χ4v) is 3.71. The Morgan fingerprint density at radius 3 is 2.71 bits per heavy atom. The minimum atomic E-state index is -0.824. The molecule has 34 heavy (non-hydrogen) atoms. The molecule has 0 bridgehead atoms. The van der Waals surface area contributed by atoms with Crippen molar-refractivity contribution in [2.24, 2.45) is 7.05 Å². The highest BCUT2D eigenvalue weighted by atomic mass is 35.5. The standard InChI is InChI=1S/C23H20ClF2N5O3/c1-23(13-10-28-31(2)11-13,20-7-6-18(33-3)21(24)29-20)12-27-22(32)17-9-19(34-30-17)15-5-4-14(25)8-16(15)26/h4-11H,12H2,1-3H3,(H,27,32). The molecule has 0 radical (unpaired) electrons. The van der Waals surface area contributed by atoms with Gasteiger partial charge in [0, 0.05) is 37.5 Å². The van der Waals surface area contributed by atoms with Gasteiger partial charge in [-0.25, -0.2) is 13.8 Å². The smallest absolute Gasteiger partial charge is 0.273 e. The Labute approximate surface area is 198 Å². The molecule has 4 aromatic rings. The molecule has 0 saturated carbocycles. The van der Waals surface area contributed by atoms with Gasteiger partial charge in [0.05, 0.1) is 30.0 Å². The van der Waals surface area contributed by atoms with E-state index < -0.39 is 23.0 Å². The van der Waals surface area contributed by atoms with Crippen molar-refractivity contribution < 1.29 is 22.8 Å². The van der Waals surface area contributed by atoms with Crippen LogP contribution in [0.3, 0.4) is 0 Å². The third-order valence-electron chi connectivity index (χ3n) is 5.48. The zero-order valence-electron chi connectivity index (χ0n) is 18.5. The molecule has 4 rings (SSSR count). The fraction of sp³-hybridized carbons (Fsp3) is 0.217. The first kappa shape index (κ1) is 23.4. The van der Waals surface area contributed by atoms with E-state index in [-0.39, 0.29) is 28.7 Å². The monoisotopic (exact) mass is 487 g/mol. The Morgan fingerprint density at radius 1 is 1.26 bits per heavy atom. The average Bonchev–Trinajstić information content (AvgIpc) is 3.47. The SMILES string of the molecule is COc1ccc(C(C)(CNC(=O)c2cc(-c3ccc(F)cc3F)on2)c2cnn(C)c2)nc1Cl. The number of pyridine rings is 1. The van der Waals surface area contributed by atoms with Crippen LogP contribution in [0.5, 0.6) is 5.75 Å². The van der Waals surface area contributed by atoms with E-state index in [1.165, 1.54) is 19.2 Å². The summed E-state index contributed by atoms with van der Waals surface area (Å²) in [5.74, 6) is -1.67. The summed E-state index contributed by atoms with van der Waals surface area (Å²) >= 11 is 6.25. The van der Waals surface area contributed by atoms with E-state index in [9.17, 15) is 13.6 Å². The number of methoxy groups -OCH3 is 1. The molecule has 0 aliphatic rings. The Balaban J connectivity index is 1.59. The number of hydrogen-bond donors (Lipinski definition) is 1. The molecular formula is C23H20ClF2N5O3. The zero-order valence-corrected chi connectivity index (χ0v) is 19.2. The van der Waals surface area contributed by atoms with Crippen LogP contribution in [0.15, 0.2) is 53.3 Å². The number of halogens is 3. The molecule has 3 aromatic heterocycles. The average molecular weight is 488 g/mol. The molecular weight excluding hydrogens is 468 g/mol. The lowest BCUT2D eigenvalue weighted by molar-refractivity contribution is 0.0938. The Hall–Kier alpha value is -3.79. The second kappa shape index (κ2) is 9.22. The molecule has 0 aliphatic heterocycles. The number of carbonyl (C=O) groups excluding carboxylic acids is 1. The van der Waals surface area contributed by atoms with Gasteiger partial charge in [-0.3, -0.25) is 9.48 Å². The summed E-state index contributed by atoms with van der Waals surface area (Å²) in [6.07, 6.45) is 3.50. The van der Waals surface area contributed by atoms with Crippen molar-refractivity contribution in [3.63, 3.8) is 0 Å². The molecule has 1 unspecified atom stereocenters. The fourth-order valence-electron chi connectivity index (χ4n) is 3.47. The third-order valence-corrected chi connectivity index (χ3v) is 5.75. The first-order valence-electron chi connectivity index (χ1n) is 10.1. The van der Waals surface area contributed by atoms with Gasteiger partial charge in [-0.15, -0.1) is 0 Å². The van der Waals surface area contributed by atoms with Gasteiger partial charge in [-0.2, -0.15) is 5.10 Å². The molecule has 0 saturated heterocycles. The van der Waals surface area contributed by atoms with Crippen LogP contribution in [0.4, 0.5) is 8.78 Å². The highest BCUT2D eigenvalue weighted by Gasteiger charge is 2.33. The van der Waals surface area contributed by atoms with Gasteiger partial charge >= 0.3 is 0 Å². The summed E-state index contributed by atoms with van der Waals surface area (Å²) < 4.78 is 39.2. The van der Waals surface area contributed by atoms with Crippen LogP contribution in [0.25, 0.3) is 11.3 Å². The number of ether oxygens (including phenoxy) is 1. The normalized spacial score (nSPS) is 12.9. The van der Waals surface area contributed by atoms with Crippen molar-refractivity contribution >= 4 is 17.5 Å². The number of carbonyl (C=O) groups is 1. The maximum atomic E-state index is 14.1. The highest BCUT2D eigenvalue weighted by molar-refractivity contribution is 6.30. The summed E-state index contributed by atoms with van der Waals surface area (Å²) in [4.78, 5) is 17.3. The van der Waals surface area contributed by atoms with Crippen LogP contribution >= 0.6 is 11.6 Å². The molecule has 1 atom stereocenters. The highest BCUT2D eigenvalue weighted by Crippen LogP contribution is 2.33. The van der Waals surface area contributed by atoms with E-state index in [2.05, 4.69) is 20.6 Å². The van der Waals surface area contributed by atoms with Gasteiger partial charge in [0.15, 0.2) is 22.4 Å². The van der Waals surface area contributed by atoms with Crippen LogP contribution in [0.2, 0.25) is 5.15 Å². The van der Waals surface area contributed by atoms with Gasteiger partial charge in [-0.1, -0.05) is 16.8 Å². The summed E-state index contributed by atoms with van der Waals surface area (Å²) in [5, 5.41) is 11.0. The molecule has 1 aromatic carbocycles. The largest absolute Gasteiger partial charge is 0.494 e. The quantitative estimate of drug-likeness (QED) is 0.394.